The average Bonchev–Trinajstić information content (AvgIpc) is 2.37. The predicted molar refractivity (Wildman–Crippen MR) is 69.2 cm³/mol. The molecule has 0 aliphatic rings. The average molecular weight is 228 g/mol. The number of aryl methyl sites for hydroxylation is 1. The van der Waals surface area contributed by atoms with Crippen LogP contribution in [0, 0.1) is 6.92 Å². The van der Waals surface area contributed by atoms with Gasteiger partial charge in [-0.1, -0.05) is 42.0 Å². The van der Waals surface area contributed by atoms with E-state index in [0.717, 1.165) is 5.75 Å². The molecule has 17 heavy (non-hydrogen) atoms. The number of hydrogen-bond donors (Lipinski definition) is 1. The zero-order valence-electron chi connectivity index (χ0n) is 9.89. The molecule has 2 aromatic rings. The Balaban J connectivity index is 2.17. The molecule has 0 aliphatic carbocycles. The summed E-state index contributed by atoms with van der Waals surface area (Å²) in [5.74, 6) is 0.787. The summed E-state index contributed by atoms with van der Waals surface area (Å²) in [5.41, 5.74) is 3.63. The van der Waals surface area contributed by atoms with Crippen molar-refractivity contribution in [3.8, 4) is 16.9 Å². The lowest BCUT2D eigenvalue weighted by molar-refractivity contribution is 0.201. The van der Waals surface area contributed by atoms with E-state index in [1.807, 2.05) is 24.3 Å². The monoisotopic (exact) mass is 228 g/mol. The van der Waals surface area contributed by atoms with E-state index in [0.29, 0.717) is 6.61 Å². The van der Waals surface area contributed by atoms with Gasteiger partial charge < -0.3 is 9.84 Å². The second-order valence-corrected chi connectivity index (χ2v) is 3.97. The van der Waals surface area contributed by atoms with Crippen molar-refractivity contribution in [1.29, 1.82) is 0 Å². The Morgan fingerprint density at radius 2 is 1.76 bits per heavy atom. The van der Waals surface area contributed by atoms with Gasteiger partial charge in [-0.2, -0.15) is 0 Å². The SMILES string of the molecule is Cc1cccc(-c2ccc(OCCO)cc2)c1. The van der Waals surface area contributed by atoms with Crippen LogP contribution in [0.3, 0.4) is 0 Å². The lowest BCUT2D eigenvalue weighted by Crippen LogP contribution is -2.01. The maximum atomic E-state index is 8.67. The molecule has 2 aromatic carbocycles. The van der Waals surface area contributed by atoms with E-state index in [-0.39, 0.29) is 6.61 Å². The first kappa shape index (κ1) is 11.7. The maximum Gasteiger partial charge on any atom is 0.119 e. The highest BCUT2D eigenvalue weighted by Crippen LogP contribution is 2.23. The zero-order valence-corrected chi connectivity index (χ0v) is 9.89. The Morgan fingerprint density at radius 3 is 2.41 bits per heavy atom. The highest BCUT2D eigenvalue weighted by atomic mass is 16.5. The number of ether oxygens (including phenoxy) is 1. The quantitative estimate of drug-likeness (QED) is 0.871. The summed E-state index contributed by atoms with van der Waals surface area (Å²) in [5, 5.41) is 8.67. The molecule has 0 amide bonds. The van der Waals surface area contributed by atoms with Gasteiger partial charge in [-0.15, -0.1) is 0 Å². The predicted octanol–water partition coefficient (Wildman–Crippen LogP) is 3.03. The van der Waals surface area contributed by atoms with Crippen LogP contribution in [-0.4, -0.2) is 18.3 Å². The van der Waals surface area contributed by atoms with Gasteiger partial charge in [-0.3, -0.25) is 0 Å². The van der Waals surface area contributed by atoms with Gasteiger partial charge in [0.2, 0.25) is 0 Å². The number of aliphatic hydroxyl groups is 1. The number of benzene rings is 2. The van der Waals surface area contributed by atoms with Crippen molar-refractivity contribution in [3.63, 3.8) is 0 Å². The molecule has 0 saturated heterocycles. The van der Waals surface area contributed by atoms with Gasteiger partial charge in [0.25, 0.3) is 0 Å². The van der Waals surface area contributed by atoms with Gasteiger partial charge >= 0.3 is 0 Å². The van der Waals surface area contributed by atoms with Crippen molar-refractivity contribution < 1.29 is 9.84 Å². The van der Waals surface area contributed by atoms with E-state index in [9.17, 15) is 0 Å². The summed E-state index contributed by atoms with van der Waals surface area (Å²) in [6.07, 6.45) is 0. The first-order valence-corrected chi connectivity index (χ1v) is 5.70. The van der Waals surface area contributed by atoms with Crippen molar-refractivity contribution in [1.82, 2.24) is 0 Å². The molecule has 0 spiro atoms. The van der Waals surface area contributed by atoms with Gasteiger partial charge in [-0.05, 0) is 30.2 Å². The van der Waals surface area contributed by atoms with E-state index in [1.54, 1.807) is 0 Å². The second-order valence-electron chi connectivity index (χ2n) is 3.97. The van der Waals surface area contributed by atoms with Crippen LogP contribution in [-0.2, 0) is 0 Å². The fourth-order valence-electron chi connectivity index (χ4n) is 1.73. The normalized spacial score (nSPS) is 10.2. The van der Waals surface area contributed by atoms with E-state index >= 15 is 0 Å². The smallest absolute Gasteiger partial charge is 0.119 e. The standard InChI is InChI=1S/C15H16O2/c1-12-3-2-4-14(11-12)13-5-7-15(8-6-13)17-10-9-16/h2-8,11,16H,9-10H2,1H3. The minimum Gasteiger partial charge on any atom is -0.491 e. The lowest BCUT2D eigenvalue weighted by atomic mass is 10.0. The third-order valence-electron chi connectivity index (χ3n) is 2.57. The minimum absolute atomic E-state index is 0.0413. The molecular formula is C15H16O2. The summed E-state index contributed by atoms with van der Waals surface area (Å²) in [4.78, 5) is 0. The van der Waals surface area contributed by atoms with E-state index in [1.165, 1.54) is 16.7 Å². The van der Waals surface area contributed by atoms with Crippen LogP contribution in [0.1, 0.15) is 5.56 Å². The molecule has 2 heteroatoms. The van der Waals surface area contributed by atoms with E-state index in [2.05, 4.69) is 31.2 Å². The molecule has 0 aromatic heterocycles. The van der Waals surface area contributed by atoms with Gasteiger partial charge in [0.05, 0.1) is 6.61 Å². The third kappa shape index (κ3) is 3.08. The molecule has 0 saturated carbocycles. The molecule has 0 heterocycles. The molecule has 2 nitrogen and oxygen atoms in total. The van der Waals surface area contributed by atoms with Crippen LogP contribution in [0.2, 0.25) is 0 Å². The Kier molecular flexibility index (Phi) is 3.78. The molecule has 0 unspecified atom stereocenters. The van der Waals surface area contributed by atoms with E-state index < -0.39 is 0 Å². The summed E-state index contributed by atoms with van der Waals surface area (Å²) in [6, 6.07) is 16.3. The Morgan fingerprint density at radius 1 is 1.00 bits per heavy atom. The van der Waals surface area contributed by atoms with Gasteiger partial charge in [-0.25, -0.2) is 0 Å². The van der Waals surface area contributed by atoms with Crippen LogP contribution in [0.15, 0.2) is 48.5 Å². The lowest BCUT2D eigenvalue weighted by Gasteiger charge is -2.06. The summed E-state index contributed by atoms with van der Waals surface area (Å²) in [7, 11) is 0. The van der Waals surface area contributed by atoms with Gasteiger partial charge in [0.1, 0.15) is 12.4 Å². The Hall–Kier alpha value is -1.80. The number of aliphatic hydroxyl groups excluding tert-OH is 1. The zero-order chi connectivity index (χ0) is 12.1. The van der Waals surface area contributed by atoms with Crippen LogP contribution in [0.5, 0.6) is 5.75 Å². The molecule has 1 N–H and O–H groups in total. The number of rotatable bonds is 4. The highest BCUT2D eigenvalue weighted by Gasteiger charge is 1.98. The fraction of sp³-hybridized carbons (Fsp3) is 0.200. The summed E-state index contributed by atoms with van der Waals surface area (Å²) >= 11 is 0. The molecule has 0 radical (unpaired) electrons. The van der Waals surface area contributed by atoms with Gasteiger partial charge in [0, 0.05) is 0 Å². The fourth-order valence-corrected chi connectivity index (χ4v) is 1.73. The second kappa shape index (κ2) is 5.51. The molecule has 2 rings (SSSR count). The van der Waals surface area contributed by atoms with Crippen molar-refractivity contribution >= 4 is 0 Å². The highest BCUT2D eigenvalue weighted by molar-refractivity contribution is 5.64. The minimum atomic E-state index is 0.0413. The maximum absolute atomic E-state index is 8.67. The topological polar surface area (TPSA) is 29.5 Å². The van der Waals surface area contributed by atoms with Crippen molar-refractivity contribution in [2.75, 3.05) is 13.2 Å². The molecule has 0 atom stereocenters. The first-order chi connectivity index (χ1) is 8.29. The molecule has 0 aliphatic heterocycles. The Labute approximate surface area is 101 Å². The first-order valence-electron chi connectivity index (χ1n) is 5.70. The number of hydrogen-bond acceptors (Lipinski definition) is 2. The molecule has 88 valence electrons. The third-order valence-corrected chi connectivity index (χ3v) is 2.57. The van der Waals surface area contributed by atoms with Crippen LogP contribution in [0.4, 0.5) is 0 Å². The Bertz CT molecular complexity index is 475. The van der Waals surface area contributed by atoms with Crippen molar-refractivity contribution in [2.45, 2.75) is 6.92 Å². The van der Waals surface area contributed by atoms with Crippen LogP contribution in [0.25, 0.3) is 11.1 Å². The van der Waals surface area contributed by atoms with Gasteiger partial charge in [0.15, 0.2) is 0 Å². The summed E-state index contributed by atoms with van der Waals surface area (Å²) < 4.78 is 5.32. The van der Waals surface area contributed by atoms with Crippen LogP contribution >= 0.6 is 0 Å². The largest absolute Gasteiger partial charge is 0.491 e. The molecule has 0 fully saturated rings. The van der Waals surface area contributed by atoms with Crippen LogP contribution < -0.4 is 4.74 Å². The molecular weight excluding hydrogens is 212 g/mol. The van der Waals surface area contributed by atoms with E-state index in [4.69, 9.17) is 9.84 Å². The van der Waals surface area contributed by atoms with Crippen molar-refractivity contribution in [2.24, 2.45) is 0 Å². The summed E-state index contributed by atoms with van der Waals surface area (Å²) in [6.45, 7) is 2.46. The molecule has 0 bridgehead atoms. The van der Waals surface area contributed by atoms with Crippen molar-refractivity contribution in [3.05, 3.63) is 54.1 Å².